The normalized spacial score (nSPS) is 10.9. The smallest absolute Gasteiger partial charge is 0.340 e. The molecule has 0 bridgehead atoms. The summed E-state index contributed by atoms with van der Waals surface area (Å²) in [6.45, 7) is 4.87. The first-order valence-corrected chi connectivity index (χ1v) is 6.16. The molecule has 0 amide bonds. The molecule has 6 nitrogen and oxygen atoms in total. The molecule has 0 saturated carbocycles. The molecule has 0 aliphatic rings. The fourth-order valence-corrected chi connectivity index (χ4v) is 2.28. The SMILES string of the molecule is CCn1c(=O)n(CC)c2cc(C(=O)OC)c(N)cc21. The highest BCUT2D eigenvalue weighted by molar-refractivity contribution is 5.99. The Balaban J connectivity index is 2.86. The fourth-order valence-electron chi connectivity index (χ4n) is 2.28. The van der Waals surface area contributed by atoms with Crippen LogP contribution in [0.2, 0.25) is 0 Å². The van der Waals surface area contributed by atoms with Crippen LogP contribution in [-0.2, 0) is 17.8 Å². The van der Waals surface area contributed by atoms with Gasteiger partial charge < -0.3 is 10.5 Å². The third kappa shape index (κ3) is 1.89. The number of nitrogens with zero attached hydrogens (tertiary/aromatic N) is 2. The Labute approximate surface area is 110 Å². The van der Waals surface area contributed by atoms with Crippen molar-refractivity contribution < 1.29 is 9.53 Å². The number of fused-ring (bicyclic) bond motifs is 1. The molecule has 0 atom stereocenters. The van der Waals surface area contributed by atoms with E-state index in [9.17, 15) is 9.59 Å². The van der Waals surface area contributed by atoms with E-state index in [4.69, 9.17) is 5.73 Å². The van der Waals surface area contributed by atoms with Gasteiger partial charge in [-0.3, -0.25) is 9.13 Å². The van der Waals surface area contributed by atoms with Crippen molar-refractivity contribution in [3.63, 3.8) is 0 Å². The number of ether oxygens (including phenoxy) is 1. The Kier molecular flexibility index (Phi) is 3.33. The van der Waals surface area contributed by atoms with Crippen LogP contribution in [0.15, 0.2) is 16.9 Å². The van der Waals surface area contributed by atoms with E-state index in [0.29, 0.717) is 24.3 Å². The summed E-state index contributed by atoms with van der Waals surface area (Å²) in [5.41, 5.74) is 7.80. The molecule has 1 aromatic carbocycles. The summed E-state index contributed by atoms with van der Waals surface area (Å²) >= 11 is 0. The van der Waals surface area contributed by atoms with Crippen molar-refractivity contribution >= 4 is 22.7 Å². The largest absolute Gasteiger partial charge is 0.465 e. The maximum Gasteiger partial charge on any atom is 0.340 e. The quantitative estimate of drug-likeness (QED) is 0.667. The van der Waals surface area contributed by atoms with Crippen molar-refractivity contribution in [2.75, 3.05) is 12.8 Å². The molecule has 0 fully saturated rings. The number of imidazole rings is 1. The van der Waals surface area contributed by atoms with Crippen molar-refractivity contribution in [1.82, 2.24) is 9.13 Å². The van der Waals surface area contributed by atoms with Gasteiger partial charge in [0.25, 0.3) is 0 Å². The van der Waals surface area contributed by atoms with E-state index in [0.717, 1.165) is 5.52 Å². The van der Waals surface area contributed by atoms with Crippen LogP contribution >= 0.6 is 0 Å². The van der Waals surface area contributed by atoms with Gasteiger partial charge in [-0.05, 0) is 26.0 Å². The maximum atomic E-state index is 12.2. The molecule has 2 N–H and O–H groups in total. The van der Waals surface area contributed by atoms with E-state index in [2.05, 4.69) is 4.74 Å². The lowest BCUT2D eigenvalue weighted by atomic mass is 10.1. The number of carbonyl (C=O) groups excluding carboxylic acids is 1. The van der Waals surface area contributed by atoms with Crippen LogP contribution in [0, 0.1) is 0 Å². The van der Waals surface area contributed by atoms with Crippen LogP contribution in [0.25, 0.3) is 11.0 Å². The second kappa shape index (κ2) is 4.79. The Hall–Kier alpha value is -2.24. The van der Waals surface area contributed by atoms with Crippen LogP contribution in [0.1, 0.15) is 24.2 Å². The van der Waals surface area contributed by atoms with Crippen molar-refractivity contribution in [2.24, 2.45) is 0 Å². The van der Waals surface area contributed by atoms with Gasteiger partial charge in [-0.1, -0.05) is 0 Å². The average Bonchev–Trinajstić information content (AvgIpc) is 2.67. The second-order valence-corrected chi connectivity index (χ2v) is 4.19. The molecule has 0 spiro atoms. The Bertz CT molecular complexity index is 697. The van der Waals surface area contributed by atoms with Gasteiger partial charge in [-0.2, -0.15) is 0 Å². The van der Waals surface area contributed by atoms with E-state index < -0.39 is 5.97 Å². The number of nitrogens with two attached hydrogens (primary N) is 1. The van der Waals surface area contributed by atoms with E-state index in [1.54, 1.807) is 21.3 Å². The summed E-state index contributed by atoms with van der Waals surface area (Å²) in [4.78, 5) is 23.8. The highest BCUT2D eigenvalue weighted by Crippen LogP contribution is 2.22. The van der Waals surface area contributed by atoms with Gasteiger partial charge in [0.15, 0.2) is 0 Å². The minimum absolute atomic E-state index is 0.0959. The zero-order chi connectivity index (χ0) is 14.2. The molecule has 2 aromatic rings. The Morgan fingerprint density at radius 3 is 2.21 bits per heavy atom. The predicted octanol–water partition coefficient (Wildman–Crippen LogP) is 1.21. The molecule has 6 heteroatoms. The summed E-state index contributed by atoms with van der Waals surface area (Å²) in [7, 11) is 1.30. The van der Waals surface area contributed by atoms with Crippen molar-refractivity contribution in [2.45, 2.75) is 26.9 Å². The van der Waals surface area contributed by atoms with Crippen molar-refractivity contribution in [1.29, 1.82) is 0 Å². The van der Waals surface area contributed by atoms with Gasteiger partial charge >= 0.3 is 11.7 Å². The summed E-state index contributed by atoms with van der Waals surface area (Å²) in [5.74, 6) is -0.501. The number of aromatic nitrogens is 2. The highest BCUT2D eigenvalue weighted by atomic mass is 16.5. The van der Waals surface area contributed by atoms with Gasteiger partial charge in [-0.15, -0.1) is 0 Å². The average molecular weight is 263 g/mol. The standard InChI is InChI=1S/C13H17N3O3/c1-4-15-10-6-8(12(17)19-3)9(14)7-11(10)16(5-2)13(15)18/h6-7H,4-5,14H2,1-3H3. The lowest BCUT2D eigenvalue weighted by molar-refractivity contribution is 0.0602. The summed E-state index contributed by atoms with van der Waals surface area (Å²) in [6.07, 6.45) is 0. The lowest BCUT2D eigenvalue weighted by Crippen LogP contribution is -2.23. The summed E-state index contributed by atoms with van der Waals surface area (Å²) < 4.78 is 7.94. The van der Waals surface area contributed by atoms with E-state index in [-0.39, 0.29) is 11.3 Å². The molecular weight excluding hydrogens is 246 g/mol. The number of esters is 1. The molecule has 1 aromatic heterocycles. The van der Waals surface area contributed by atoms with E-state index >= 15 is 0 Å². The lowest BCUT2D eigenvalue weighted by Gasteiger charge is -2.06. The van der Waals surface area contributed by atoms with Crippen LogP contribution in [0.3, 0.4) is 0 Å². The van der Waals surface area contributed by atoms with Gasteiger partial charge in [0.1, 0.15) is 0 Å². The monoisotopic (exact) mass is 263 g/mol. The Morgan fingerprint density at radius 2 is 1.74 bits per heavy atom. The first kappa shape index (κ1) is 13.2. The minimum Gasteiger partial charge on any atom is -0.465 e. The maximum absolute atomic E-state index is 12.2. The zero-order valence-corrected chi connectivity index (χ0v) is 11.3. The first-order chi connectivity index (χ1) is 9.04. The van der Waals surface area contributed by atoms with Gasteiger partial charge in [0.2, 0.25) is 0 Å². The molecule has 2 rings (SSSR count). The van der Waals surface area contributed by atoms with Crippen molar-refractivity contribution in [3.8, 4) is 0 Å². The van der Waals surface area contributed by atoms with Crippen LogP contribution in [-0.4, -0.2) is 22.2 Å². The summed E-state index contributed by atoms with van der Waals surface area (Å²) in [5, 5.41) is 0. The number of anilines is 1. The first-order valence-electron chi connectivity index (χ1n) is 6.16. The molecule has 0 aliphatic carbocycles. The van der Waals surface area contributed by atoms with E-state index in [1.165, 1.54) is 7.11 Å². The van der Waals surface area contributed by atoms with Gasteiger partial charge in [0.05, 0.1) is 23.7 Å². The molecule has 0 radical (unpaired) electrons. The molecular formula is C13H17N3O3. The highest BCUT2D eigenvalue weighted by Gasteiger charge is 2.17. The zero-order valence-electron chi connectivity index (χ0n) is 11.3. The Morgan fingerprint density at radius 1 is 1.21 bits per heavy atom. The van der Waals surface area contributed by atoms with Crippen LogP contribution < -0.4 is 11.4 Å². The number of carbonyl (C=O) groups is 1. The molecule has 0 aliphatic heterocycles. The third-order valence-electron chi connectivity index (χ3n) is 3.23. The number of aryl methyl sites for hydroxylation is 2. The predicted molar refractivity (Wildman–Crippen MR) is 73.3 cm³/mol. The number of benzene rings is 1. The molecule has 102 valence electrons. The molecule has 0 saturated heterocycles. The van der Waals surface area contributed by atoms with Crippen LogP contribution in [0.5, 0.6) is 0 Å². The van der Waals surface area contributed by atoms with Gasteiger partial charge in [-0.25, -0.2) is 9.59 Å². The van der Waals surface area contributed by atoms with Gasteiger partial charge in [0, 0.05) is 18.8 Å². The molecule has 1 heterocycles. The number of hydrogen-bond donors (Lipinski definition) is 1. The van der Waals surface area contributed by atoms with Crippen LogP contribution in [0.4, 0.5) is 5.69 Å². The van der Waals surface area contributed by atoms with E-state index in [1.807, 2.05) is 13.8 Å². The number of hydrogen-bond acceptors (Lipinski definition) is 4. The second-order valence-electron chi connectivity index (χ2n) is 4.19. The third-order valence-corrected chi connectivity index (χ3v) is 3.23. The number of nitrogen functional groups attached to an aromatic ring is 1. The topological polar surface area (TPSA) is 79.2 Å². The minimum atomic E-state index is -0.501. The number of rotatable bonds is 3. The fraction of sp³-hybridized carbons (Fsp3) is 0.385. The number of methoxy groups -OCH3 is 1. The summed E-state index contributed by atoms with van der Waals surface area (Å²) in [6, 6.07) is 3.27. The van der Waals surface area contributed by atoms with Crippen molar-refractivity contribution in [3.05, 3.63) is 28.2 Å². The molecule has 0 unspecified atom stereocenters. The molecule has 19 heavy (non-hydrogen) atoms.